The van der Waals surface area contributed by atoms with Crippen molar-refractivity contribution in [3.05, 3.63) is 29.8 Å². The molecule has 0 aromatic heterocycles. The van der Waals surface area contributed by atoms with Gasteiger partial charge < -0.3 is 20.3 Å². The van der Waals surface area contributed by atoms with Crippen LogP contribution in [-0.4, -0.2) is 56.6 Å². The van der Waals surface area contributed by atoms with Gasteiger partial charge in [0, 0.05) is 44.1 Å². The first-order chi connectivity index (χ1) is 12.8. The minimum atomic E-state index is -0.0819. The number of amides is 1. The molecule has 6 nitrogen and oxygen atoms in total. The van der Waals surface area contributed by atoms with Crippen LogP contribution >= 0.6 is 24.0 Å². The van der Waals surface area contributed by atoms with Crippen LogP contribution in [0.4, 0.5) is 0 Å². The van der Waals surface area contributed by atoms with Crippen LogP contribution in [0.2, 0.25) is 0 Å². The number of benzene rings is 1. The number of likely N-dealkylation sites (tertiary alicyclic amines) is 1. The number of nitrogens with one attached hydrogen (secondary N) is 2. The van der Waals surface area contributed by atoms with Crippen molar-refractivity contribution < 1.29 is 9.53 Å². The maximum absolute atomic E-state index is 12.2. The summed E-state index contributed by atoms with van der Waals surface area (Å²) in [5.41, 5.74) is 1.13. The largest absolute Gasteiger partial charge is 0.497 e. The number of carbonyl (C=O) groups is 1. The molecule has 1 fully saturated rings. The Morgan fingerprint density at radius 1 is 1.39 bits per heavy atom. The highest BCUT2D eigenvalue weighted by Crippen LogP contribution is 2.25. The third kappa shape index (κ3) is 6.53. The summed E-state index contributed by atoms with van der Waals surface area (Å²) in [6.45, 7) is 10.6. The first-order valence-corrected chi connectivity index (χ1v) is 9.67. The van der Waals surface area contributed by atoms with Crippen molar-refractivity contribution in [3.63, 3.8) is 0 Å². The lowest BCUT2D eigenvalue weighted by molar-refractivity contribution is -0.133. The summed E-state index contributed by atoms with van der Waals surface area (Å²) in [7, 11) is 3.46. The zero-order valence-electron chi connectivity index (χ0n) is 17.9. The van der Waals surface area contributed by atoms with E-state index >= 15 is 0 Å². The molecular weight excluding hydrogens is 467 g/mol. The van der Waals surface area contributed by atoms with Gasteiger partial charge in [-0.1, -0.05) is 39.8 Å². The number of methoxy groups -OCH3 is 1. The summed E-state index contributed by atoms with van der Waals surface area (Å²) < 4.78 is 5.34. The molecule has 0 spiro atoms. The molecule has 0 radical (unpaired) electrons. The average Bonchev–Trinajstić information content (AvgIpc) is 3.12. The van der Waals surface area contributed by atoms with E-state index in [4.69, 9.17) is 4.74 Å². The fourth-order valence-electron chi connectivity index (χ4n) is 3.28. The number of rotatable bonds is 6. The molecule has 1 amide bonds. The third-order valence-corrected chi connectivity index (χ3v) is 5.11. The SMILES string of the molecule is CN=C(NCC(C)(C)c1cccc(OC)c1)NC1CCN(C(=O)C(C)C)C1.I. The summed E-state index contributed by atoms with van der Waals surface area (Å²) >= 11 is 0. The number of hydrogen-bond donors (Lipinski definition) is 2. The van der Waals surface area contributed by atoms with E-state index in [1.54, 1.807) is 14.2 Å². The second-order valence-electron chi connectivity index (χ2n) is 8.11. The highest BCUT2D eigenvalue weighted by molar-refractivity contribution is 14.0. The van der Waals surface area contributed by atoms with Crippen LogP contribution in [0.15, 0.2) is 29.3 Å². The molecule has 1 heterocycles. The van der Waals surface area contributed by atoms with Gasteiger partial charge in [-0.2, -0.15) is 0 Å². The van der Waals surface area contributed by atoms with E-state index in [1.807, 2.05) is 30.9 Å². The van der Waals surface area contributed by atoms with Crippen LogP contribution in [0, 0.1) is 5.92 Å². The molecule has 1 aliphatic rings. The first-order valence-electron chi connectivity index (χ1n) is 9.67. The van der Waals surface area contributed by atoms with Crippen molar-refractivity contribution in [2.24, 2.45) is 10.9 Å². The number of aliphatic imine (C=N–C) groups is 1. The molecule has 1 aromatic rings. The number of halogens is 1. The maximum atomic E-state index is 12.2. The van der Waals surface area contributed by atoms with Crippen molar-refractivity contribution >= 4 is 35.8 Å². The van der Waals surface area contributed by atoms with Crippen molar-refractivity contribution in [3.8, 4) is 5.75 Å². The van der Waals surface area contributed by atoms with E-state index in [2.05, 4.69) is 41.6 Å². The van der Waals surface area contributed by atoms with Gasteiger partial charge in [-0.15, -0.1) is 24.0 Å². The molecule has 1 unspecified atom stereocenters. The average molecular weight is 502 g/mol. The summed E-state index contributed by atoms with van der Waals surface area (Å²) in [6.07, 6.45) is 0.943. The van der Waals surface area contributed by atoms with Crippen molar-refractivity contribution in [1.29, 1.82) is 0 Å². The molecule has 158 valence electrons. The molecular formula is C21H35IN4O2. The predicted molar refractivity (Wildman–Crippen MR) is 126 cm³/mol. The Morgan fingerprint density at radius 3 is 2.71 bits per heavy atom. The van der Waals surface area contributed by atoms with Crippen LogP contribution in [0.5, 0.6) is 5.75 Å². The zero-order valence-corrected chi connectivity index (χ0v) is 20.2. The highest BCUT2D eigenvalue weighted by Gasteiger charge is 2.28. The molecule has 7 heteroatoms. The van der Waals surface area contributed by atoms with Gasteiger partial charge in [0.25, 0.3) is 0 Å². The van der Waals surface area contributed by atoms with Gasteiger partial charge in [-0.25, -0.2) is 0 Å². The number of ether oxygens (including phenoxy) is 1. The van der Waals surface area contributed by atoms with Crippen molar-refractivity contribution in [2.45, 2.75) is 45.6 Å². The van der Waals surface area contributed by atoms with E-state index in [1.165, 1.54) is 5.56 Å². The van der Waals surface area contributed by atoms with Gasteiger partial charge in [0.1, 0.15) is 5.75 Å². The molecule has 2 N–H and O–H groups in total. The molecule has 0 bridgehead atoms. The highest BCUT2D eigenvalue weighted by atomic mass is 127. The Hall–Kier alpha value is -1.51. The Balaban J connectivity index is 0.00000392. The fourth-order valence-corrected chi connectivity index (χ4v) is 3.28. The first kappa shape index (κ1) is 24.5. The monoisotopic (exact) mass is 502 g/mol. The van der Waals surface area contributed by atoms with Gasteiger partial charge in [0.05, 0.1) is 7.11 Å². The van der Waals surface area contributed by atoms with Crippen LogP contribution in [0.3, 0.4) is 0 Å². The standard InChI is InChI=1S/C21H34N4O2.HI/c1-15(2)19(26)25-11-10-17(13-25)24-20(22-5)23-14-21(3,4)16-8-7-9-18(12-16)27-6;/h7-9,12,15,17H,10-11,13-14H2,1-6H3,(H2,22,23,24);1H. The molecule has 0 saturated carbocycles. The van der Waals surface area contributed by atoms with Gasteiger partial charge in [0.15, 0.2) is 5.96 Å². The second kappa shape index (κ2) is 10.9. The lowest BCUT2D eigenvalue weighted by Crippen LogP contribution is -2.48. The topological polar surface area (TPSA) is 66.0 Å². The minimum absolute atomic E-state index is 0. The van der Waals surface area contributed by atoms with Crippen LogP contribution in [0.25, 0.3) is 0 Å². The number of hydrogen-bond acceptors (Lipinski definition) is 3. The van der Waals surface area contributed by atoms with Gasteiger partial charge >= 0.3 is 0 Å². The normalized spacial score (nSPS) is 17.3. The second-order valence-corrected chi connectivity index (χ2v) is 8.11. The van der Waals surface area contributed by atoms with E-state index in [-0.39, 0.29) is 47.3 Å². The molecule has 2 rings (SSSR count). The Morgan fingerprint density at radius 2 is 2.11 bits per heavy atom. The van der Waals surface area contributed by atoms with E-state index in [0.717, 1.165) is 37.8 Å². The van der Waals surface area contributed by atoms with Crippen LogP contribution in [0.1, 0.15) is 39.7 Å². The third-order valence-electron chi connectivity index (χ3n) is 5.11. The summed E-state index contributed by atoms with van der Waals surface area (Å²) in [4.78, 5) is 18.4. The summed E-state index contributed by atoms with van der Waals surface area (Å²) in [6, 6.07) is 8.40. The van der Waals surface area contributed by atoms with Gasteiger partial charge in [0.2, 0.25) is 5.91 Å². The predicted octanol–water partition coefficient (Wildman–Crippen LogP) is 3.01. The smallest absolute Gasteiger partial charge is 0.225 e. The quantitative estimate of drug-likeness (QED) is 0.357. The van der Waals surface area contributed by atoms with Crippen LogP contribution in [-0.2, 0) is 10.2 Å². The van der Waals surface area contributed by atoms with E-state index in [9.17, 15) is 4.79 Å². The number of carbonyl (C=O) groups excluding carboxylic acids is 1. The fraction of sp³-hybridized carbons (Fsp3) is 0.619. The molecule has 0 aliphatic carbocycles. The lowest BCUT2D eigenvalue weighted by Gasteiger charge is -2.28. The molecule has 1 atom stereocenters. The number of nitrogens with zero attached hydrogens (tertiary/aromatic N) is 2. The Kier molecular flexibility index (Phi) is 9.53. The summed E-state index contributed by atoms with van der Waals surface area (Å²) in [5.74, 6) is 1.91. The van der Waals surface area contributed by atoms with E-state index < -0.39 is 0 Å². The van der Waals surface area contributed by atoms with Gasteiger partial charge in [-0.05, 0) is 24.1 Å². The maximum Gasteiger partial charge on any atom is 0.225 e. The molecule has 1 aromatic carbocycles. The lowest BCUT2D eigenvalue weighted by atomic mass is 9.84. The van der Waals surface area contributed by atoms with Crippen LogP contribution < -0.4 is 15.4 Å². The zero-order chi connectivity index (χ0) is 20.0. The van der Waals surface area contributed by atoms with Crippen molar-refractivity contribution in [1.82, 2.24) is 15.5 Å². The molecule has 1 saturated heterocycles. The molecule has 1 aliphatic heterocycles. The van der Waals surface area contributed by atoms with Gasteiger partial charge in [-0.3, -0.25) is 9.79 Å². The number of guanidine groups is 1. The van der Waals surface area contributed by atoms with E-state index in [0.29, 0.717) is 0 Å². The minimum Gasteiger partial charge on any atom is -0.497 e. The Bertz CT molecular complexity index is 676. The summed E-state index contributed by atoms with van der Waals surface area (Å²) in [5, 5.41) is 6.89. The Labute approximate surface area is 186 Å². The van der Waals surface area contributed by atoms with Crippen molar-refractivity contribution in [2.75, 3.05) is 33.8 Å². The molecule has 28 heavy (non-hydrogen) atoms.